The smallest absolute Gasteiger partial charge is 0.234 e. The van der Waals surface area contributed by atoms with Gasteiger partial charge in [-0.2, -0.15) is 0 Å². The monoisotopic (exact) mass is 301 g/mol. The molecule has 1 aromatic heterocycles. The maximum atomic E-state index is 12.0. The van der Waals surface area contributed by atoms with Crippen LogP contribution < -0.4 is 10.2 Å². The number of hydrogen-bond acceptors (Lipinski definition) is 5. The van der Waals surface area contributed by atoms with Crippen LogP contribution in [-0.4, -0.2) is 36.2 Å². The van der Waals surface area contributed by atoms with Crippen molar-refractivity contribution in [1.82, 2.24) is 10.3 Å². The summed E-state index contributed by atoms with van der Waals surface area (Å²) in [4.78, 5) is 40.5. The molecule has 3 heterocycles. The Morgan fingerprint density at radius 1 is 1.18 bits per heavy atom. The van der Waals surface area contributed by atoms with E-state index < -0.39 is 0 Å². The molecule has 1 aromatic rings. The van der Waals surface area contributed by atoms with Crippen LogP contribution in [0.1, 0.15) is 37.2 Å². The second kappa shape index (κ2) is 6.25. The molecule has 3 rings (SSSR count). The van der Waals surface area contributed by atoms with Crippen molar-refractivity contribution in [2.45, 2.75) is 31.6 Å². The Hall–Kier alpha value is -2.24. The lowest BCUT2D eigenvalue weighted by Gasteiger charge is -2.32. The number of aldehydes is 1. The van der Waals surface area contributed by atoms with E-state index >= 15 is 0 Å². The number of imide groups is 1. The lowest BCUT2D eigenvalue weighted by atomic mass is 9.91. The van der Waals surface area contributed by atoms with Gasteiger partial charge in [0.25, 0.3) is 0 Å². The minimum absolute atomic E-state index is 0.155. The van der Waals surface area contributed by atoms with E-state index in [4.69, 9.17) is 0 Å². The Bertz CT molecular complexity index is 594. The van der Waals surface area contributed by atoms with Crippen LogP contribution in [0.15, 0.2) is 18.5 Å². The average Bonchev–Trinajstić information content (AvgIpc) is 2.55. The van der Waals surface area contributed by atoms with Crippen LogP contribution in [0, 0.1) is 5.92 Å². The molecule has 0 unspecified atom stereocenters. The minimum Gasteiger partial charge on any atom is -0.370 e. The highest BCUT2D eigenvalue weighted by atomic mass is 16.2. The van der Waals surface area contributed by atoms with Crippen LogP contribution in [0.2, 0.25) is 0 Å². The third-order valence-corrected chi connectivity index (χ3v) is 4.48. The van der Waals surface area contributed by atoms with Crippen molar-refractivity contribution in [2.75, 3.05) is 18.0 Å². The van der Waals surface area contributed by atoms with Gasteiger partial charge in [-0.15, -0.1) is 0 Å². The zero-order valence-corrected chi connectivity index (χ0v) is 12.3. The number of nitrogens with zero attached hydrogens (tertiary/aromatic N) is 2. The molecule has 0 spiro atoms. The van der Waals surface area contributed by atoms with Crippen LogP contribution in [0.4, 0.5) is 5.69 Å². The lowest BCUT2D eigenvalue weighted by Crippen LogP contribution is -2.39. The maximum Gasteiger partial charge on any atom is 0.234 e. The van der Waals surface area contributed by atoms with Gasteiger partial charge in [0.2, 0.25) is 11.8 Å². The molecule has 0 saturated carbocycles. The van der Waals surface area contributed by atoms with E-state index in [0.717, 1.165) is 43.5 Å². The average molecular weight is 301 g/mol. The van der Waals surface area contributed by atoms with Crippen molar-refractivity contribution in [3.63, 3.8) is 0 Å². The van der Waals surface area contributed by atoms with Gasteiger partial charge in [0.15, 0.2) is 0 Å². The largest absolute Gasteiger partial charge is 0.370 e. The zero-order valence-electron chi connectivity index (χ0n) is 12.3. The fraction of sp³-hybridized carbons (Fsp3) is 0.500. The number of carbonyl (C=O) groups excluding carboxylic acids is 3. The highest BCUT2D eigenvalue weighted by molar-refractivity contribution is 6.00. The molecular weight excluding hydrogens is 282 g/mol. The number of pyridine rings is 1. The van der Waals surface area contributed by atoms with Gasteiger partial charge < -0.3 is 9.69 Å². The van der Waals surface area contributed by atoms with Crippen molar-refractivity contribution in [3.8, 4) is 0 Å². The molecule has 1 atom stereocenters. The Balaban J connectivity index is 1.74. The normalized spacial score (nSPS) is 23.3. The molecule has 2 amide bonds. The van der Waals surface area contributed by atoms with Gasteiger partial charge in [0.05, 0.1) is 17.8 Å². The number of rotatable bonds is 3. The Morgan fingerprint density at radius 2 is 1.95 bits per heavy atom. The summed E-state index contributed by atoms with van der Waals surface area (Å²) in [7, 11) is 0. The first kappa shape index (κ1) is 14.7. The summed E-state index contributed by atoms with van der Waals surface area (Å²) in [6.07, 6.45) is 7.13. The van der Waals surface area contributed by atoms with E-state index in [-0.39, 0.29) is 23.7 Å². The molecule has 0 aliphatic carbocycles. The molecule has 0 radical (unpaired) electrons. The predicted molar refractivity (Wildman–Crippen MR) is 80.4 cm³/mol. The van der Waals surface area contributed by atoms with E-state index in [1.54, 1.807) is 12.4 Å². The van der Waals surface area contributed by atoms with Gasteiger partial charge >= 0.3 is 0 Å². The summed E-state index contributed by atoms with van der Waals surface area (Å²) in [6, 6.07) is 1.98. The van der Waals surface area contributed by atoms with Crippen LogP contribution in [-0.2, 0) is 14.4 Å². The van der Waals surface area contributed by atoms with Gasteiger partial charge in [0, 0.05) is 31.6 Å². The van der Waals surface area contributed by atoms with Crippen LogP contribution in [0.3, 0.4) is 0 Å². The first-order valence-corrected chi connectivity index (χ1v) is 7.66. The summed E-state index contributed by atoms with van der Waals surface area (Å²) in [5.74, 6) is -0.601. The van der Waals surface area contributed by atoms with E-state index in [1.807, 2.05) is 6.07 Å². The fourth-order valence-corrected chi connectivity index (χ4v) is 3.11. The number of piperidine rings is 2. The van der Waals surface area contributed by atoms with Crippen LogP contribution in [0.5, 0.6) is 0 Å². The first-order chi connectivity index (χ1) is 10.7. The number of anilines is 1. The molecule has 1 N–H and O–H groups in total. The SMILES string of the molecule is O=CC1CCN(c2cncc([C@@H]3CCC(=O)NC3=O)c2)CC1. The molecule has 116 valence electrons. The van der Waals surface area contributed by atoms with Crippen molar-refractivity contribution < 1.29 is 14.4 Å². The summed E-state index contributed by atoms with van der Waals surface area (Å²) in [6.45, 7) is 1.65. The second-order valence-corrected chi connectivity index (χ2v) is 5.94. The first-order valence-electron chi connectivity index (χ1n) is 7.66. The molecule has 2 aliphatic rings. The minimum atomic E-state index is -0.308. The second-order valence-electron chi connectivity index (χ2n) is 5.94. The lowest BCUT2D eigenvalue weighted by molar-refractivity contribution is -0.134. The number of carbonyl (C=O) groups is 3. The molecule has 6 nitrogen and oxygen atoms in total. The van der Waals surface area contributed by atoms with Crippen molar-refractivity contribution in [3.05, 3.63) is 24.0 Å². The zero-order chi connectivity index (χ0) is 15.5. The summed E-state index contributed by atoms with van der Waals surface area (Å²) in [5, 5.41) is 2.38. The topological polar surface area (TPSA) is 79.4 Å². The van der Waals surface area contributed by atoms with Crippen molar-refractivity contribution >= 4 is 23.8 Å². The predicted octanol–water partition coefficient (Wildman–Crippen LogP) is 1.02. The van der Waals surface area contributed by atoms with Gasteiger partial charge in [-0.1, -0.05) is 0 Å². The van der Waals surface area contributed by atoms with E-state index in [9.17, 15) is 14.4 Å². The Kier molecular flexibility index (Phi) is 4.18. The molecule has 0 aromatic carbocycles. The van der Waals surface area contributed by atoms with Gasteiger partial charge in [0.1, 0.15) is 6.29 Å². The summed E-state index contributed by atoms with van der Waals surface area (Å²) in [5.41, 5.74) is 1.83. The number of aromatic nitrogens is 1. The molecule has 6 heteroatoms. The third kappa shape index (κ3) is 3.00. The number of amides is 2. The summed E-state index contributed by atoms with van der Waals surface area (Å²) < 4.78 is 0. The highest BCUT2D eigenvalue weighted by Crippen LogP contribution is 2.28. The van der Waals surface area contributed by atoms with Gasteiger partial charge in [-0.05, 0) is 30.9 Å². The quantitative estimate of drug-likeness (QED) is 0.666. The van der Waals surface area contributed by atoms with Crippen molar-refractivity contribution in [1.29, 1.82) is 0 Å². The molecule has 0 bridgehead atoms. The van der Waals surface area contributed by atoms with E-state index in [1.165, 1.54) is 0 Å². The summed E-state index contributed by atoms with van der Waals surface area (Å²) >= 11 is 0. The van der Waals surface area contributed by atoms with Crippen LogP contribution >= 0.6 is 0 Å². The Morgan fingerprint density at radius 3 is 2.64 bits per heavy atom. The molecule has 2 saturated heterocycles. The van der Waals surface area contributed by atoms with E-state index in [0.29, 0.717) is 12.8 Å². The molecule has 2 aliphatic heterocycles. The highest BCUT2D eigenvalue weighted by Gasteiger charge is 2.29. The molecule has 22 heavy (non-hydrogen) atoms. The van der Waals surface area contributed by atoms with Gasteiger partial charge in [-0.25, -0.2) is 0 Å². The van der Waals surface area contributed by atoms with Crippen LogP contribution in [0.25, 0.3) is 0 Å². The standard InChI is InChI=1S/C16H19N3O3/c20-10-11-3-5-19(6-4-11)13-7-12(8-17-9-13)14-1-2-15(21)18-16(14)22/h7-11,14H,1-6H2,(H,18,21,22)/t14-/m0/s1. The van der Waals surface area contributed by atoms with Gasteiger partial charge in [-0.3, -0.25) is 19.9 Å². The third-order valence-electron chi connectivity index (χ3n) is 4.48. The van der Waals surface area contributed by atoms with E-state index in [2.05, 4.69) is 15.2 Å². The fourth-order valence-electron chi connectivity index (χ4n) is 3.11. The Labute approximate surface area is 128 Å². The number of hydrogen-bond donors (Lipinski definition) is 1. The maximum absolute atomic E-state index is 12.0. The number of nitrogens with one attached hydrogen (secondary N) is 1. The molecular formula is C16H19N3O3. The molecule has 2 fully saturated rings. The van der Waals surface area contributed by atoms with Crippen molar-refractivity contribution in [2.24, 2.45) is 5.92 Å².